The molecule has 2 unspecified atom stereocenters. The zero-order valence-corrected chi connectivity index (χ0v) is 14.0. The standard InChI is InChI=1S/C17H29N3O/c1-12(2)8-18-9-16-6-7-17(19-15(16)5)20-10-14(4)21-11-13(20)3/h6-7,12-14,18H,8-11H2,1-5H3. The molecule has 1 aromatic rings. The molecule has 1 saturated heterocycles. The molecule has 2 rings (SSSR count). The van der Waals surface area contributed by atoms with Crippen LogP contribution >= 0.6 is 0 Å². The Bertz CT molecular complexity index is 461. The smallest absolute Gasteiger partial charge is 0.129 e. The first kappa shape index (κ1) is 16.2. The van der Waals surface area contributed by atoms with Crippen LogP contribution in [-0.4, -0.2) is 36.8 Å². The Morgan fingerprint density at radius 2 is 2.14 bits per heavy atom. The number of hydrogen-bond acceptors (Lipinski definition) is 4. The Morgan fingerprint density at radius 1 is 1.38 bits per heavy atom. The van der Waals surface area contributed by atoms with Crippen LogP contribution in [0.4, 0.5) is 5.82 Å². The molecule has 0 amide bonds. The minimum Gasteiger partial charge on any atom is -0.375 e. The third kappa shape index (κ3) is 4.42. The summed E-state index contributed by atoms with van der Waals surface area (Å²) >= 11 is 0. The van der Waals surface area contributed by atoms with E-state index in [2.05, 4.69) is 57.0 Å². The highest BCUT2D eigenvalue weighted by atomic mass is 16.5. The first-order valence-corrected chi connectivity index (χ1v) is 8.03. The highest BCUT2D eigenvalue weighted by molar-refractivity contribution is 5.43. The van der Waals surface area contributed by atoms with E-state index < -0.39 is 0 Å². The van der Waals surface area contributed by atoms with E-state index in [1.807, 2.05) is 0 Å². The normalized spacial score (nSPS) is 22.9. The molecule has 4 heteroatoms. The van der Waals surface area contributed by atoms with Crippen molar-refractivity contribution >= 4 is 5.82 Å². The van der Waals surface area contributed by atoms with Crippen LogP contribution in [0.15, 0.2) is 12.1 Å². The second kappa shape index (κ2) is 7.23. The summed E-state index contributed by atoms with van der Waals surface area (Å²) in [7, 11) is 0. The van der Waals surface area contributed by atoms with Crippen LogP contribution in [0.25, 0.3) is 0 Å². The van der Waals surface area contributed by atoms with Gasteiger partial charge in [0.05, 0.1) is 18.8 Å². The maximum Gasteiger partial charge on any atom is 0.129 e. The number of nitrogens with one attached hydrogen (secondary N) is 1. The summed E-state index contributed by atoms with van der Waals surface area (Å²) in [4.78, 5) is 7.16. The van der Waals surface area contributed by atoms with E-state index in [-0.39, 0.29) is 6.10 Å². The summed E-state index contributed by atoms with van der Waals surface area (Å²) in [6, 6.07) is 4.74. The lowest BCUT2D eigenvalue weighted by atomic mass is 10.1. The van der Waals surface area contributed by atoms with Crippen molar-refractivity contribution in [2.45, 2.75) is 53.3 Å². The zero-order chi connectivity index (χ0) is 15.4. The lowest BCUT2D eigenvalue weighted by molar-refractivity contribution is 0.0340. The lowest BCUT2D eigenvalue weighted by Crippen LogP contribution is -2.47. The molecule has 1 aliphatic rings. The summed E-state index contributed by atoms with van der Waals surface area (Å²) in [5.74, 6) is 1.75. The molecular weight excluding hydrogens is 262 g/mol. The quantitative estimate of drug-likeness (QED) is 0.905. The number of anilines is 1. The van der Waals surface area contributed by atoms with Crippen molar-refractivity contribution in [3.63, 3.8) is 0 Å². The van der Waals surface area contributed by atoms with Gasteiger partial charge in [-0.25, -0.2) is 4.98 Å². The van der Waals surface area contributed by atoms with Crippen LogP contribution in [0.1, 0.15) is 39.0 Å². The minimum absolute atomic E-state index is 0.274. The molecule has 0 bridgehead atoms. The van der Waals surface area contributed by atoms with Gasteiger partial charge < -0.3 is 15.0 Å². The van der Waals surface area contributed by atoms with Gasteiger partial charge >= 0.3 is 0 Å². The van der Waals surface area contributed by atoms with E-state index in [9.17, 15) is 0 Å². The maximum absolute atomic E-state index is 5.69. The van der Waals surface area contributed by atoms with E-state index >= 15 is 0 Å². The average molecular weight is 291 g/mol. The number of hydrogen-bond donors (Lipinski definition) is 1. The van der Waals surface area contributed by atoms with Gasteiger partial charge in [0.1, 0.15) is 5.82 Å². The van der Waals surface area contributed by atoms with Crippen molar-refractivity contribution in [2.75, 3.05) is 24.6 Å². The summed E-state index contributed by atoms with van der Waals surface area (Å²) in [5.41, 5.74) is 2.41. The van der Waals surface area contributed by atoms with Crippen molar-refractivity contribution in [3.05, 3.63) is 23.4 Å². The van der Waals surface area contributed by atoms with Gasteiger partial charge in [-0.15, -0.1) is 0 Å². The Hall–Kier alpha value is -1.13. The molecule has 0 spiro atoms. The van der Waals surface area contributed by atoms with Gasteiger partial charge in [0.15, 0.2) is 0 Å². The van der Waals surface area contributed by atoms with Crippen LogP contribution in [0.3, 0.4) is 0 Å². The largest absolute Gasteiger partial charge is 0.375 e. The number of rotatable bonds is 5. The number of nitrogens with zero attached hydrogens (tertiary/aromatic N) is 2. The second-order valence-electron chi connectivity index (χ2n) is 6.58. The number of aryl methyl sites for hydroxylation is 1. The molecule has 21 heavy (non-hydrogen) atoms. The third-order valence-electron chi connectivity index (χ3n) is 3.95. The molecule has 2 atom stereocenters. The predicted molar refractivity (Wildman–Crippen MR) is 87.7 cm³/mol. The van der Waals surface area contributed by atoms with Gasteiger partial charge in [-0.2, -0.15) is 0 Å². The van der Waals surface area contributed by atoms with Gasteiger partial charge in [0.2, 0.25) is 0 Å². The molecule has 4 nitrogen and oxygen atoms in total. The third-order valence-corrected chi connectivity index (χ3v) is 3.95. The molecule has 0 radical (unpaired) electrons. The van der Waals surface area contributed by atoms with Gasteiger partial charge in [-0.3, -0.25) is 0 Å². The fourth-order valence-corrected chi connectivity index (χ4v) is 2.64. The van der Waals surface area contributed by atoms with Crippen molar-refractivity contribution in [1.29, 1.82) is 0 Å². The Kier molecular flexibility index (Phi) is 5.59. The highest BCUT2D eigenvalue weighted by Crippen LogP contribution is 2.21. The SMILES string of the molecule is Cc1nc(N2CC(C)OCC2C)ccc1CNCC(C)C. The van der Waals surface area contributed by atoms with Gasteiger partial charge in [-0.05, 0) is 44.9 Å². The Morgan fingerprint density at radius 3 is 2.81 bits per heavy atom. The number of pyridine rings is 1. The van der Waals surface area contributed by atoms with E-state index in [0.717, 1.165) is 37.8 Å². The van der Waals surface area contributed by atoms with Crippen LogP contribution in [0.5, 0.6) is 0 Å². The molecular formula is C17H29N3O. The van der Waals surface area contributed by atoms with E-state index in [1.165, 1.54) is 5.56 Å². The second-order valence-corrected chi connectivity index (χ2v) is 6.58. The minimum atomic E-state index is 0.274. The summed E-state index contributed by atoms with van der Waals surface area (Å²) in [5, 5.41) is 3.48. The lowest BCUT2D eigenvalue weighted by Gasteiger charge is -2.37. The van der Waals surface area contributed by atoms with Crippen molar-refractivity contribution in [2.24, 2.45) is 5.92 Å². The van der Waals surface area contributed by atoms with Crippen LogP contribution in [0.2, 0.25) is 0 Å². The van der Waals surface area contributed by atoms with Crippen molar-refractivity contribution < 1.29 is 4.74 Å². The Balaban J connectivity index is 2.04. The van der Waals surface area contributed by atoms with E-state index in [0.29, 0.717) is 12.0 Å². The first-order valence-electron chi connectivity index (χ1n) is 8.03. The van der Waals surface area contributed by atoms with Gasteiger partial charge in [-0.1, -0.05) is 19.9 Å². The van der Waals surface area contributed by atoms with Crippen molar-refractivity contribution in [1.82, 2.24) is 10.3 Å². The van der Waals surface area contributed by atoms with Crippen LogP contribution in [-0.2, 0) is 11.3 Å². The fourth-order valence-electron chi connectivity index (χ4n) is 2.64. The fraction of sp³-hybridized carbons (Fsp3) is 0.706. The van der Waals surface area contributed by atoms with E-state index in [4.69, 9.17) is 9.72 Å². The molecule has 0 aromatic carbocycles. The first-order chi connectivity index (χ1) is 9.97. The van der Waals surface area contributed by atoms with Crippen LogP contribution in [0, 0.1) is 12.8 Å². The number of morpholine rings is 1. The van der Waals surface area contributed by atoms with E-state index in [1.54, 1.807) is 0 Å². The summed E-state index contributed by atoms with van der Waals surface area (Å²) in [6.07, 6.45) is 0.274. The number of ether oxygens (including phenoxy) is 1. The number of aromatic nitrogens is 1. The predicted octanol–water partition coefficient (Wildman–Crippen LogP) is 2.75. The maximum atomic E-state index is 5.69. The van der Waals surface area contributed by atoms with Crippen molar-refractivity contribution in [3.8, 4) is 0 Å². The van der Waals surface area contributed by atoms with Gasteiger partial charge in [0.25, 0.3) is 0 Å². The molecule has 1 fully saturated rings. The molecule has 2 heterocycles. The molecule has 0 saturated carbocycles. The average Bonchev–Trinajstić information content (AvgIpc) is 2.43. The Labute approximate surface area is 128 Å². The molecule has 1 N–H and O–H groups in total. The molecule has 1 aromatic heterocycles. The van der Waals surface area contributed by atoms with Crippen LogP contribution < -0.4 is 10.2 Å². The van der Waals surface area contributed by atoms with Gasteiger partial charge in [0, 0.05) is 18.8 Å². The molecule has 118 valence electrons. The topological polar surface area (TPSA) is 37.4 Å². The summed E-state index contributed by atoms with van der Waals surface area (Å²) < 4.78 is 5.69. The zero-order valence-electron chi connectivity index (χ0n) is 14.0. The summed E-state index contributed by atoms with van der Waals surface area (Å²) in [6.45, 7) is 14.5. The monoisotopic (exact) mass is 291 g/mol. The molecule has 0 aliphatic carbocycles. The highest BCUT2D eigenvalue weighted by Gasteiger charge is 2.24. The molecule has 1 aliphatic heterocycles.